The fourth-order valence-corrected chi connectivity index (χ4v) is 2.58. The Morgan fingerprint density at radius 2 is 2.05 bits per heavy atom. The van der Waals surface area contributed by atoms with Crippen molar-refractivity contribution in [2.24, 2.45) is 4.99 Å². The molecule has 8 heteroatoms. The van der Waals surface area contributed by atoms with E-state index >= 15 is 0 Å². The number of halogens is 1. The maximum Gasteiger partial charge on any atom is 0.289 e. The molecule has 124 valence electrons. The van der Waals surface area contributed by atoms with E-state index in [-0.39, 0.29) is 29.9 Å². The summed E-state index contributed by atoms with van der Waals surface area (Å²) < 4.78 is 5.17. The van der Waals surface area contributed by atoms with Crippen molar-refractivity contribution in [2.75, 3.05) is 51.8 Å². The molecule has 0 saturated carbocycles. The first kappa shape index (κ1) is 19.1. The van der Waals surface area contributed by atoms with Gasteiger partial charge in [0.1, 0.15) is 0 Å². The topological polar surface area (TPSA) is 61.1 Å². The number of furan rings is 1. The van der Waals surface area contributed by atoms with Gasteiger partial charge in [-0.3, -0.25) is 9.79 Å². The lowest BCUT2D eigenvalue weighted by Gasteiger charge is -2.36. The van der Waals surface area contributed by atoms with Gasteiger partial charge in [0.2, 0.25) is 0 Å². The summed E-state index contributed by atoms with van der Waals surface area (Å²) in [5.41, 5.74) is 0. The average Bonchev–Trinajstić information content (AvgIpc) is 3.06. The monoisotopic (exact) mass is 438 g/mol. The molecule has 1 aromatic rings. The Bertz CT molecular complexity index is 473. The average molecular weight is 438 g/mol. The van der Waals surface area contributed by atoms with E-state index in [1.165, 1.54) is 6.26 Å². The number of guanidine groups is 1. The number of rotatable bonds is 4. The molecule has 0 spiro atoms. The second-order valence-corrected chi connectivity index (χ2v) is 5.71. The fraction of sp³-hybridized carbons (Fsp3) is 0.571. The Balaban J connectivity index is 0.00000242. The molecule has 0 radical (unpaired) electrons. The molecule has 1 aliphatic rings. The molecule has 0 aliphatic carbocycles. The van der Waals surface area contributed by atoms with Gasteiger partial charge in [-0.2, -0.15) is 11.8 Å². The largest absolute Gasteiger partial charge is 0.459 e. The lowest BCUT2D eigenvalue weighted by molar-refractivity contribution is 0.0658. The minimum atomic E-state index is -0.0371. The molecule has 6 nitrogen and oxygen atoms in total. The molecule has 1 aliphatic heterocycles. The zero-order valence-electron chi connectivity index (χ0n) is 12.9. The van der Waals surface area contributed by atoms with Crippen LogP contribution < -0.4 is 5.32 Å². The Morgan fingerprint density at radius 3 is 2.59 bits per heavy atom. The van der Waals surface area contributed by atoms with Crippen molar-refractivity contribution in [2.45, 2.75) is 0 Å². The van der Waals surface area contributed by atoms with E-state index in [1.807, 2.05) is 4.90 Å². The summed E-state index contributed by atoms with van der Waals surface area (Å²) in [5, 5.41) is 3.34. The van der Waals surface area contributed by atoms with Crippen LogP contribution in [0.3, 0.4) is 0 Å². The lowest BCUT2D eigenvalue weighted by Crippen LogP contribution is -2.54. The molecule has 1 aromatic heterocycles. The predicted octanol–water partition coefficient (Wildman–Crippen LogP) is 1.59. The summed E-state index contributed by atoms with van der Waals surface area (Å²) in [6, 6.07) is 3.44. The first-order valence-corrected chi connectivity index (χ1v) is 8.43. The van der Waals surface area contributed by atoms with Crippen LogP contribution in [0.2, 0.25) is 0 Å². The van der Waals surface area contributed by atoms with E-state index in [9.17, 15) is 4.79 Å². The molecular weight excluding hydrogens is 415 g/mol. The van der Waals surface area contributed by atoms with Crippen LogP contribution in [0.5, 0.6) is 0 Å². The number of aliphatic imine (C=N–C) groups is 1. The van der Waals surface area contributed by atoms with Gasteiger partial charge >= 0.3 is 0 Å². The van der Waals surface area contributed by atoms with E-state index in [0.717, 1.165) is 31.3 Å². The fourth-order valence-electron chi connectivity index (χ4n) is 2.27. The molecule has 2 heterocycles. The normalized spacial score (nSPS) is 15.5. The van der Waals surface area contributed by atoms with Gasteiger partial charge in [0.05, 0.1) is 6.26 Å². The summed E-state index contributed by atoms with van der Waals surface area (Å²) in [6.45, 7) is 3.84. The quantitative estimate of drug-likeness (QED) is 0.335. The maximum atomic E-state index is 12.2. The van der Waals surface area contributed by atoms with Gasteiger partial charge in [-0.25, -0.2) is 0 Å². The van der Waals surface area contributed by atoms with Gasteiger partial charge in [-0.1, -0.05) is 0 Å². The smallest absolute Gasteiger partial charge is 0.289 e. The van der Waals surface area contributed by atoms with Gasteiger partial charge in [-0.05, 0) is 18.4 Å². The molecule has 1 saturated heterocycles. The van der Waals surface area contributed by atoms with Gasteiger partial charge in [0, 0.05) is 45.5 Å². The van der Waals surface area contributed by atoms with Crippen molar-refractivity contribution in [3.8, 4) is 0 Å². The van der Waals surface area contributed by atoms with E-state index in [1.54, 1.807) is 30.9 Å². The van der Waals surface area contributed by atoms with Crippen molar-refractivity contribution >= 4 is 47.6 Å². The van der Waals surface area contributed by atoms with Crippen molar-refractivity contribution < 1.29 is 9.21 Å². The molecule has 0 aromatic carbocycles. The Kier molecular flexibility index (Phi) is 8.69. The molecule has 1 N–H and O–H groups in total. The molecule has 2 rings (SSSR count). The third-order valence-corrected chi connectivity index (χ3v) is 4.01. The van der Waals surface area contributed by atoms with Crippen molar-refractivity contribution in [1.29, 1.82) is 0 Å². The SMILES string of the molecule is CN=C(NCCSC)N1CCN(C(=O)c2ccco2)CC1.I. The van der Waals surface area contributed by atoms with Crippen LogP contribution in [-0.4, -0.2) is 73.4 Å². The minimum absolute atomic E-state index is 0. The summed E-state index contributed by atoms with van der Waals surface area (Å²) >= 11 is 1.80. The number of nitrogens with one attached hydrogen (secondary N) is 1. The number of thioether (sulfide) groups is 1. The first-order valence-electron chi connectivity index (χ1n) is 7.03. The Morgan fingerprint density at radius 1 is 1.36 bits per heavy atom. The Hall–Kier alpha value is -0.900. The zero-order valence-corrected chi connectivity index (χ0v) is 16.1. The number of amides is 1. The second kappa shape index (κ2) is 9.98. The molecule has 1 amide bonds. The van der Waals surface area contributed by atoms with Crippen LogP contribution in [0.15, 0.2) is 27.8 Å². The summed E-state index contributed by atoms with van der Waals surface area (Å²) in [7, 11) is 1.79. The van der Waals surface area contributed by atoms with Gasteiger partial charge in [0.25, 0.3) is 5.91 Å². The number of hydrogen-bond donors (Lipinski definition) is 1. The summed E-state index contributed by atoms with van der Waals surface area (Å²) in [5.74, 6) is 2.33. The van der Waals surface area contributed by atoms with Crippen LogP contribution in [0.25, 0.3) is 0 Å². The van der Waals surface area contributed by atoms with Crippen molar-refractivity contribution in [3.05, 3.63) is 24.2 Å². The second-order valence-electron chi connectivity index (χ2n) is 4.72. The number of nitrogens with zero attached hydrogens (tertiary/aromatic N) is 3. The van der Waals surface area contributed by atoms with E-state index < -0.39 is 0 Å². The van der Waals surface area contributed by atoms with Crippen molar-refractivity contribution in [3.63, 3.8) is 0 Å². The number of piperazine rings is 1. The third kappa shape index (κ3) is 5.08. The van der Waals surface area contributed by atoms with Crippen molar-refractivity contribution in [1.82, 2.24) is 15.1 Å². The van der Waals surface area contributed by atoms with E-state index in [2.05, 4.69) is 21.5 Å². The Labute approximate surface area is 152 Å². The van der Waals surface area contributed by atoms with E-state index in [0.29, 0.717) is 18.8 Å². The molecule has 0 bridgehead atoms. The van der Waals surface area contributed by atoms with Crippen LogP contribution in [0, 0.1) is 0 Å². The highest BCUT2D eigenvalue weighted by Gasteiger charge is 2.24. The number of carbonyl (C=O) groups is 1. The molecule has 0 atom stereocenters. The zero-order chi connectivity index (χ0) is 15.1. The third-order valence-electron chi connectivity index (χ3n) is 3.40. The molecule has 0 unspecified atom stereocenters. The standard InChI is InChI=1S/C14H22N4O2S.HI/c1-15-14(16-5-11-21-2)18-8-6-17(7-9-18)13(19)12-4-3-10-20-12;/h3-4,10H,5-9,11H2,1-2H3,(H,15,16);1H. The van der Waals surface area contributed by atoms with Gasteiger partial charge in [-0.15, -0.1) is 24.0 Å². The van der Waals surface area contributed by atoms with Crippen LogP contribution in [0.4, 0.5) is 0 Å². The summed E-state index contributed by atoms with van der Waals surface area (Å²) in [6.07, 6.45) is 3.62. The van der Waals surface area contributed by atoms with Crippen LogP contribution in [0.1, 0.15) is 10.6 Å². The minimum Gasteiger partial charge on any atom is -0.459 e. The van der Waals surface area contributed by atoms with Gasteiger partial charge < -0.3 is 19.5 Å². The highest BCUT2D eigenvalue weighted by atomic mass is 127. The lowest BCUT2D eigenvalue weighted by atomic mass is 10.3. The van der Waals surface area contributed by atoms with Crippen LogP contribution in [-0.2, 0) is 0 Å². The predicted molar refractivity (Wildman–Crippen MR) is 101 cm³/mol. The van der Waals surface area contributed by atoms with Gasteiger partial charge in [0.15, 0.2) is 11.7 Å². The van der Waals surface area contributed by atoms with E-state index in [4.69, 9.17) is 4.42 Å². The van der Waals surface area contributed by atoms with Crippen LogP contribution >= 0.6 is 35.7 Å². The summed E-state index contributed by atoms with van der Waals surface area (Å²) in [4.78, 5) is 20.5. The molecular formula is C14H23IN4O2S. The molecule has 1 fully saturated rings. The first-order chi connectivity index (χ1) is 10.3. The molecule has 22 heavy (non-hydrogen) atoms. The number of hydrogen-bond acceptors (Lipinski definition) is 4. The maximum absolute atomic E-state index is 12.2. The highest BCUT2D eigenvalue weighted by molar-refractivity contribution is 14.0. The number of carbonyl (C=O) groups excluding carboxylic acids is 1. The highest BCUT2D eigenvalue weighted by Crippen LogP contribution is 2.09.